The normalized spacial score (nSPS) is 13.7. The van der Waals surface area contributed by atoms with Crippen molar-refractivity contribution in [3.63, 3.8) is 0 Å². The predicted molar refractivity (Wildman–Crippen MR) is 138 cm³/mol. The molecule has 0 saturated carbocycles. The number of carboxylic acid groups (broad SMARTS) is 1. The van der Waals surface area contributed by atoms with Gasteiger partial charge >= 0.3 is 5.97 Å². The molecule has 0 atom stereocenters. The number of aromatic hydroxyl groups is 1. The number of carbonyl (C=O) groups is 2. The Morgan fingerprint density at radius 1 is 0.944 bits per heavy atom. The Hall–Kier alpha value is -4.98. The van der Waals surface area contributed by atoms with Crippen LogP contribution in [0.1, 0.15) is 27.0 Å². The number of anilines is 3. The molecule has 8 heteroatoms. The second-order valence-corrected chi connectivity index (χ2v) is 8.44. The van der Waals surface area contributed by atoms with Crippen LogP contribution in [0.2, 0.25) is 0 Å². The standard InChI is InChI=1S/C28H22N4O4/c1-16-11-12-20(14-17(16)2)32-26-22(9-5-13-29-26)24(27(32)34)31-30-23-10-4-8-21(25(23)33)18-6-3-7-19(15-18)28(35)36/h3-15,30,33H,1-2H3,(H,35,36). The van der Waals surface area contributed by atoms with Crippen molar-refractivity contribution in [1.82, 2.24) is 4.98 Å². The quantitative estimate of drug-likeness (QED) is 0.266. The molecular weight excluding hydrogens is 456 g/mol. The second-order valence-electron chi connectivity index (χ2n) is 8.44. The molecule has 4 aromatic rings. The Bertz CT molecular complexity index is 1560. The summed E-state index contributed by atoms with van der Waals surface area (Å²) in [6.45, 7) is 3.99. The van der Waals surface area contributed by atoms with Crippen LogP contribution >= 0.6 is 0 Å². The van der Waals surface area contributed by atoms with Gasteiger partial charge in [-0.15, -0.1) is 0 Å². The summed E-state index contributed by atoms with van der Waals surface area (Å²) in [5.41, 5.74) is 7.75. The molecule has 1 aliphatic heterocycles. The minimum atomic E-state index is -1.06. The number of carbonyl (C=O) groups excluding carboxylic acids is 1. The smallest absolute Gasteiger partial charge is 0.335 e. The first-order valence-corrected chi connectivity index (χ1v) is 11.2. The highest BCUT2D eigenvalue weighted by Gasteiger charge is 2.36. The minimum absolute atomic E-state index is 0.109. The molecule has 36 heavy (non-hydrogen) atoms. The Morgan fingerprint density at radius 2 is 1.72 bits per heavy atom. The van der Waals surface area contributed by atoms with Gasteiger partial charge in [-0.1, -0.05) is 30.3 Å². The number of aromatic carboxylic acids is 1. The van der Waals surface area contributed by atoms with Crippen molar-refractivity contribution in [1.29, 1.82) is 0 Å². The average molecular weight is 479 g/mol. The highest BCUT2D eigenvalue weighted by Crippen LogP contribution is 2.37. The SMILES string of the molecule is Cc1ccc(N2C(=O)C(=NNc3cccc(-c4cccc(C(=O)O)c4)c3O)c3cccnc32)cc1C. The molecule has 3 aromatic carbocycles. The van der Waals surface area contributed by atoms with E-state index >= 15 is 0 Å². The number of aryl methyl sites for hydroxylation is 2. The van der Waals surface area contributed by atoms with Gasteiger partial charge in [0.05, 0.1) is 22.5 Å². The number of phenols is 1. The van der Waals surface area contributed by atoms with E-state index in [2.05, 4.69) is 15.5 Å². The number of hydrogen-bond donors (Lipinski definition) is 3. The second kappa shape index (κ2) is 8.99. The lowest BCUT2D eigenvalue weighted by atomic mass is 10.0. The molecule has 0 saturated heterocycles. The van der Waals surface area contributed by atoms with Gasteiger partial charge in [-0.25, -0.2) is 9.78 Å². The van der Waals surface area contributed by atoms with E-state index in [0.717, 1.165) is 11.1 Å². The lowest BCUT2D eigenvalue weighted by Gasteiger charge is -2.17. The van der Waals surface area contributed by atoms with Crippen LogP contribution < -0.4 is 10.3 Å². The molecule has 1 aromatic heterocycles. The molecule has 5 rings (SSSR count). The molecule has 0 aliphatic carbocycles. The van der Waals surface area contributed by atoms with Crippen molar-refractivity contribution >= 4 is 34.8 Å². The summed E-state index contributed by atoms with van der Waals surface area (Å²) in [5.74, 6) is -1.04. The third-order valence-electron chi connectivity index (χ3n) is 6.15. The molecule has 0 unspecified atom stereocenters. The fourth-order valence-electron chi connectivity index (χ4n) is 4.09. The summed E-state index contributed by atoms with van der Waals surface area (Å²) in [6, 6.07) is 20.6. The van der Waals surface area contributed by atoms with Gasteiger partial charge in [0.2, 0.25) is 0 Å². The molecule has 0 radical (unpaired) electrons. The van der Waals surface area contributed by atoms with Crippen LogP contribution in [0.5, 0.6) is 5.75 Å². The zero-order valence-corrected chi connectivity index (χ0v) is 19.6. The Labute approximate surface area is 207 Å². The summed E-state index contributed by atoms with van der Waals surface area (Å²) in [5, 5.41) is 24.6. The Balaban J connectivity index is 1.51. The maximum Gasteiger partial charge on any atom is 0.335 e. The molecular formula is C28H22N4O4. The molecule has 0 bridgehead atoms. The fourth-order valence-corrected chi connectivity index (χ4v) is 4.09. The maximum atomic E-state index is 13.5. The van der Waals surface area contributed by atoms with Gasteiger partial charge < -0.3 is 10.2 Å². The van der Waals surface area contributed by atoms with E-state index in [0.29, 0.717) is 28.2 Å². The van der Waals surface area contributed by atoms with Crippen LogP contribution in [-0.4, -0.2) is 32.8 Å². The number of pyridine rings is 1. The van der Waals surface area contributed by atoms with Crippen LogP contribution in [0.3, 0.4) is 0 Å². The van der Waals surface area contributed by atoms with Crippen LogP contribution in [-0.2, 0) is 4.79 Å². The molecule has 8 nitrogen and oxygen atoms in total. The molecule has 178 valence electrons. The van der Waals surface area contributed by atoms with E-state index in [-0.39, 0.29) is 28.6 Å². The van der Waals surface area contributed by atoms with E-state index < -0.39 is 5.97 Å². The molecule has 0 fully saturated rings. The number of amides is 1. The average Bonchev–Trinajstić information content (AvgIpc) is 3.16. The monoisotopic (exact) mass is 478 g/mol. The van der Waals surface area contributed by atoms with E-state index in [1.165, 1.54) is 17.0 Å². The van der Waals surface area contributed by atoms with Crippen molar-refractivity contribution in [2.24, 2.45) is 5.10 Å². The topological polar surface area (TPSA) is 115 Å². The van der Waals surface area contributed by atoms with E-state index in [9.17, 15) is 19.8 Å². The fraction of sp³-hybridized carbons (Fsp3) is 0.0714. The maximum absolute atomic E-state index is 13.5. The first-order chi connectivity index (χ1) is 17.3. The predicted octanol–water partition coefficient (Wildman–Crippen LogP) is 5.26. The number of rotatable bonds is 5. The van der Waals surface area contributed by atoms with Crippen molar-refractivity contribution in [3.05, 3.63) is 101 Å². The first kappa shape index (κ1) is 22.8. The van der Waals surface area contributed by atoms with Gasteiger partial charge in [0.1, 0.15) is 11.6 Å². The number of fused-ring (bicyclic) bond motifs is 1. The van der Waals surface area contributed by atoms with Crippen molar-refractivity contribution in [2.75, 3.05) is 10.3 Å². The highest BCUT2D eigenvalue weighted by atomic mass is 16.4. The third-order valence-corrected chi connectivity index (χ3v) is 6.15. The van der Waals surface area contributed by atoms with Crippen molar-refractivity contribution in [2.45, 2.75) is 13.8 Å². The lowest BCUT2D eigenvalue weighted by Crippen LogP contribution is -2.26. The van der Waals surface area contributed by atoms with Crippen LogP contribution in [0.4, 0.5) is 17.2 Å². The van der Waals surface area contributed by atoms with E-state index in [1.807, 2.05) is 32.0 Å². The number of hydrazone groups is 1. The molecule has 0 spiro atoms. The highest BCUT2D eigenvalue weighted by molar-refractivity contribution is 6.55. The van der Waals surface area contributed by atoms with E-state index in [1.54, 1.807) is 48.7 Å². The van der Waals surface area contributed by atoms with Gasteiger partial charge in [0.15, 0.2) is 5.71 Å². The molecule has 3 N–H and O–H groups in total. The Morgan fingerprint density at radius 3 is 2.50 bits per heavy atom. The number of para-hydroxylation sites is 1. The molecule has 1 amide bonds. The zero-order chi connectivity index (χ0) is 25.4. The largest absolute Gasteiger partial charge is 0.505 e. The number of nitrogens with zero attached hydrogens (tertiary/aromatic N) is 3. The number of benzene rings is 3. The number of aromatic nitrogens is 1. The Kier molecular flexibility index (Phi) is 5.69. The number of nitrogens with one attached hydrogen (secondary N) is 1. The summed E-state index contributed by atoms with van der Waals surface area (Å²) >= 11 is 0. The van der Waals surface area contributed by atoms with Crippen LogP contribution in [0.15, 0.2) is 84.1 Å². The van der Waals surface area contributed by atoms with Crippen molar-refractivity contribution < 1.29 is 19.8 Å². The lowest BCUT2D eigenvalue weighted by molar-refractivity contribution is -0.111. The third kappa shape index (κ3) is 3.94. The summed E-state index contributed by atoms with van der Waals surface area (Å²) in [6.07, 6.45) is 1.62. The molecule has 1 aliphatic rings. The summed E-state index contributed by atoms with van der Waals surface area (Å²) in [4.78, 5) is 30.7. The van der Waals surface area contributed by atoms with Gasteiger partial charge in [-0.05, 0) is 73.0 Å². The number of hydrogen-bond acceptors (Lipinski definition) is 6. The first-order valence-electron chi connectivity index (χ1n) is 11.2. The van der Waals surface area contributed by atoms with Crippen LogP contribution in [0.25, 0.3) is 11.1 Å². The number of carboxylic acids is 1. The van der Waals surface area contributed by atoms with Gasteiger partial charge in [0, 0.05) is 11.8 Å². The van der Waals surface area contributed by atoms with E-state index in [4.69, 9.17) is 0 Å². The number of phenolic OH excluding ortho intramolecular Hbond substituents is 1. The van der Waals surface area contributed by atoms with Crippen LogP contribution in [0, 0.1) is 13.8 Å². The van der Waals surface area contributed by atoms with Gasteiger partial charge in [-0.2, -0.15) is 5.10 Å². The van der Waals surface area contributed by atoms with Crippen molar-refractivity contribution in [3.8, 4) is 16.9 Å². The van der Waals surface area contributed by atoms with Gasteiger partial charge in [0.25, 0.3) is 5.91 Å². The minimum Gasteiger partial charge on any atom is -0.505 e. The summed E-state index contributed by atoms with van der Waals surface area (Å²) in [7, 11) is 0. The van der Waals surface area contributed by atoms with Gasteiger partial charge in [-0.3, -0.25) is 15.1 Å². The summed E-state index contributed by atoms with van der Waals surface area (Å²) < 4.78 is 0. The zero-order valence-electron chi connectivity index (χ0n) is 19.6. The molecule has 2 heterocycles.